The van der Waals surface area contributed by atoms with Crippen LogP contribution in [0.4, 0.5) is 5.69 Å². The standard InChI is InChI=1S/C27H36Cl3N3O5S/c1-6-18(3)31-27(35)24(7-2)32(17-20-21(28)10-8-11-22(20)29)26(34)12-9-15-33(39(5,36)37)19-13-14-25(38-4)23(30)16-19/h8,10-11,13-14,16,18,24H,6-7,9,12,15,17H2,1-5H3,(H,31,35)/t18-,24+/m1/s1. The monoisotopic (exact) mass is 619 g/mol. The van der Waals surface area contributed by atoms with E-state index in [0.29, 0.717) is 33.5 Å². The van der Waals surface area contributed by atoms with Crippen molar-refractivity contribution in [2.24, 2.45) is 0 Å². The third-order valence-electron chi connectivity index (χ3n) is 6.35. The first-order valence-corrected chi connectivity index (χ1v) is 15.7. The molecule has 2 amide bonds. The van der Waals surface area contributed by atoms with Crippen molar-refractivity contribution in [3.8, 4) is 5.75 Å². The number of ether oxygens (including phenoxy) is 1. The predicted octanol–water partition coefficient (Wildman–Crippen LogP) is 5.92. The number of benzene rings is 2. The summed E-state index contributed by atoms with van der Waals surface area (Å²) in [5, 5.41) is 3.99. The first-order valence-electron chi connectivity index (χ1n) is 12.7. The fourth-order valence-electron chi connectivity index (χ4n) is 4.03. The minimum Gasteiger partial charge on any atom is -0.495 e. The van der Waals surface area contributed by atoms with E-state index in [4.69, 9.17) is 39.5 Å². The van der Waals surface area contributed by atoms with E-state index in [0.717, 1.165) is 12.7 Å². The van der Waals surface area contributed by atoms with Gasteiger partial charge in [-0.2, -0.15) is 0 Å². The first-order chi connectivity index (χ1) is 18.3. The molecule has 0 heterocycles. The summed E-state index contributed by atoms with van der Waals surface area (Å²) >= 11 is 19.0. The number of hydrogen-bond acceptors (Lipinski definition) is 5. The Hall–Kier alpha value is -2.20. The lowest BCUT2D eigenvalue weighted by molar-refractivity contribution is -0.141. The topological polar surface area (TPSA) is 96.0 Å². The molecule has 0 saturated carbocycles. The number of methoxy groups -OCH3 is 1. The highest BCUT2D eigenvalue weighted by molar-refractivity contribution is 7.92. The second-order valence-corrected chi connectivity index (χ2v) is 12.3. The molecule has 0 aliphatic carbocycles. The number of amides is 2. The van der Waals surface area contributed by atoms with Gasteiger partial charge < -0.3 is 15.0 Å². The SMILES string of the molecule is CC[C@@H](C)NC(=O)[C@H](CC)N(Cc1c(Cl)cccc1Cl)C(=O)CCCN(c1ccc(OC)c(Cl)c1)S(C)(=O)=O. The molecular weight excluding hydrogens is 585 g/mol. The van der Waals surface area contributed by atoms with Gasteiger partial charge in [0.05, 0.1) is 24.1 Å². The van der Waals surface area contributed by atoms with Gasteiger partial charge in [0, 0.05) is 41.2 Å². The van der Waals surface area contributed by atoms with Gasteiger partial charge in [-0.25, -0.2) is 8.42 Å². The average molecular weight is 621 g/mol. The summed E-state index contributed by atoms with van der Waals surface area (Å²) in [6.45, 7) is 5.75. The maximum atomic E-state index is 13.6. The molecule has 0 fully saturated rings. The van der Waals surface area contributed by atoms with Crippen LogP contribution in [-0.2, 0) is 26.2 Å². The van der Waals surface area contributed by atoms with Gasteiger partial charge in [-0.15, -0.1) is 0 Å². The van der Waals surface area contributed by atoms with E-state index < -0.39 is 16.1 Å². The Bertz CT molecular complexity index is 1240. The van der Waals surface area contributed by atoms with Gasteiger partial charge in [-0.1, -0.05) is 54.7 Å². The van der Waals surface area contributed by atoms with E-state index in [2.05, 4.69) is 5.32 Å². The lowest BCUT2D eigenvalue weighted by Gasteiger charge is -2.32. The van der Waals surface area contributed by atoms with Crippen molar-refractivity contribution < 1.29 is 22.7 Å². The summed E-state index contributed by atoms with van der Waals surface area (Å²) < 4.78 is 31.5. The molecule has 12 heteroatoms. The van der Waals surface area contributed by atoms with Gasteiger partial charge in [-0.05, 0) is 56.5 Å². The van der Waals surface area contributed by atoms with Gasteiger partial charge in [0.2, 0.25) is 21.8 Å². The van der Waals surface area contributed by atoms with Gasteiger partial charge in [0.25, 0.3) is 0 Å². The van der Waals surface area contributed by atoms with Crippen LogP contribution in [0.1, 0.15) is 52.0 Å². The van der Waals surface area contributed by atoms with Gasteiger partial charge in [0.1, 0.15) is 11.8 Å². The van der Waals surface area contributed by atoms with Crippen LogP contribution in [0.2, 0.25) is 15.1 Å². The number of nitrogens with one attached hydrogen (secondary N) is 1. The lowest BCUT2D eigenvalue weighted by atomic mass is 10.1. The van der Waals surface area contributed by atoms with Crippen LogP contribution in [0.5, 0.6) is 5.75 Å². The number of sulfonamides is 1. The summed E-state index contributed by atoms with van der Waals surface area (Å²) in [5.41, 5.74) is 0.893. The van der Waals surface area contributed by atoms with Crippen molar-refractivity contribution >= 4 is 62.3 Å². The van der Waals surface area contributed by atoms with E-state index in [-0.39, 0.29) is 48.8 Å². The molecule has 0 radical (unpaired) electrons. The normalized spacial score (nSPS) is 12.9. The lowest BCUT2D eigenvalue weighted by Crippen LogP contribution is -2.50. The zero-order chi connectivity index (χ0) is 29.3. The summed E-state index contributed by atoms with van der Waals surface area (Å²) in [6.07, 6.45) is 2.39. The second kappa shape index (κ2) is 15.0. The smallest absolute Gasteiger partial charge is 0.243 e. The third kappa shape index (κ3) is 9.17. The Morgan fingerprint density at radius 2 is 1.67 bits per heavy atom. The fourth-order valence-corrected chi connectivity index (χ4v) is 5.75. The molecule has 0 spiro atoms. The van der Waals surface area contributed by atoms with Crippen LogP contribution in [0, 0.1) is 0 Å². The predicted molar refractivity (Wildman–Crippen MR) is 158 cm³/mol. The number of nitrogens with zero attached hydrogens (tertiary/aromatic N) is 2. The third-order valence-corrected chi connectivity index (χ3v) is 8.55. The molecule has 2 atom stereocenters. The number of anilines is 1. The van der Waals surface area contributed by atoms with Crippen molar-refractivity contribution in [3.05, 3.63) is 57.0 Å². The Balaban J connectivity index is 2.30. The number of carbonyl (C=O) groups excluding carboxylic acids is 2. The molecule has 216 valence electrons. The fraction of sp³-hybridized carbons (Fsp3) is 0.481. The Morgan fingerprint density at radius 1 is 1.03 bits per heavy atom. The molecule has 1 N–H and O–H groups in total. The van der Waals surface area contributed by atoms with E-state index >= 15 is 0 Å². The highest BCUT2D eigenvalue weighted by atomic mass is 35.5. The van der Waals surface area contributed by atoms with Crippen molar-refractivity contribution in [2.75, 3.05) is 24.2 Å². The summed E-state index contributed by atoms with van der Waals surface area (Å²) in [4.78, 5) is 28.2. The molecule has 0 aliphatic heterocycles. The Kier molecular flexibility index (Phi) is 12.7. The molecule has 2 aromatic carbocycles. The number of carbonyl (C=O) groups is 2. The quantitative estimate of drug-likeness (QED) is 0.283. The van der Waals surface area contributed by atoms with Crippen molar-refractivity contribution in [2.45, 2.75) is 65.1 Å². The van der Waals surface area contributed by atoms with Crippen LogP contribution >= 0.6 is 34.8 Å². The molecule has 0 unspecified atom stereocenters. The van der Waals surface area contributed by atoms with Crippen LogP contribution in [-0.4, -0.2) is 57.1 Å². The highest BCUT2D eigenvalue weighted by Crippen LogP contribution is 2.31. The molecule has 2 aromatic rings. The van der Waals surface area contributed by atoms with Crippen molar-refractivity contribution in [1.29, 1.82) is 0 Å². The zero-order valence-corrected chi connectivity index (χ0v) is 25.9. The number of halogens is 3. The van der Waals surface area contributed by atoms with Gasteiger partial charge in [0.15, 0.2) is 0 Å². The molecule has 0 aliphatic rings. The molecule has 0 bridgehead atoms. The van der Waals surface area contributed by atoms with Gasteiger partial charge >= 0.3 is 0 Å². The van der Waals surface area contributed by atoms with Crippen LogP contribution in [0.3, 0.4) is 0 Å². The Labute approximate surface area is 246 Å². The molecule has 8 nitrogen and oxygen atoms in total. The zero-order valence-electron chi connectivity index (χ0n) is 22.8. The molecule has 39 heavy (non-hydrogen) atoms. The van der Waals surface area contributed by atoms with E-state index in [1.807, 2.05) is 20.8 Å². The van der Waals surface area contributed by atoms with Crippen LogP contribution in [0.15, 0.2) is 36.4 Å². The van der Waals surface area contributed by atoms with Crippen molar-refractivity contribution in [1.82, 2.24) is 10.2 Å². The summed E-state index contributed by atoms with van der Waals surface area (Å²) in [5.74, 6) is -0.174. The highest BCUT2D eigenvalue weighted by Gasteiger charge is 2.30. The maximum absolute atomic E-state index is 13.6. The number of hydrogen-bond donors (Lipinski definition) is 1. The summed E-state index contributed by atoms with van der Waals surface area (Å²) in [6, 6.07) is 8.91. The van der Waals surface area contributed by atoms with E-state index in [1.54, 1.807) is 30.3 Å². The second-order valence-electron chi connectivity index (χ2n) is 9.22. The molecule has 2 rings (SSSR count). The van der Waals surface area contributed by atoms with E-state index in [9.17, 15) is 18.0 Å². The molecular formula is C27H36Cl3N3O5S. The summed E-state index contributed by atoms with van der Waals surface area (Å²) in [7, 11) is -2.21. The minimum absolute atomic E-state index is 0.00884. The largest absolute Gasteiger partial charge is 0.495 e. The van der Waals surface area contributed by atoms with E-state index in [1.165, 1.54) is 22.4 Å². The first kappa shape index (κ1) is 33.0. The minimum atomic E-state index is -3.67. The maximum Gasteiger partial charge on any atom is 0.243 e. The van der Waals surface area contributed by atoms with Crippen LogP contribution in [0.25, 0.3) is 0 Å². The Morgan fingerprint density at radius 3 is 2.18 bits per heavy atom. The molecule has 0 aromatic heterocycles. The van der Waals surface area contributed by atoms with Gasteiger partial charge in [-0.3, -0.25) is 13.9 Å². The number of rotatable bonds is 14. The van der Waals surface area contributed by atoms with Crippen LogP contribution < -0.4 is 14.4 Å². The average Bonchev–Trinajstić information content (AvgIpc) is 2.87. The molecule has 0 saturated heterocycles. The van der Waals surface area contributed by atoms with Crippen molar-refractivity contribution in [3.63, 3.8) is 0 Å².